The average molecular weight is 521 g/mol. The molecular weight excluding hydrogens is 479 g/mol. The van der Waals surface area contributed by atoms with E-state index in [4.69, 9.17) is 4.74 Å². The number of esters is 1. The Hall–Kier alpha value is -2.73. The van der Waals surface area contributed by atoms with Gasteiger partial charge in [-0.05, 0) is 93.5 Å². The van der Waals surface area contributed by atoms with Crippen LogP contribution in [0.5, 0.6) is 0 Å². The SMILES string of the molecule is CC(C)(C)OC(=O)c1ccc(C2CC(=O)N(c3ccc4c(c3)CCNC4C3CCCCCCC3)C2)cc1F. The van der Waals surface area contributed by atoms with Crippen molar-refractivity contribution < 1.29 is 18.7 Å². The Morgan fingerprint density at radius 3 is 2.47 bits per heavy atom. The van der Waals surface area contributed by atoms with Crippen molar-refractivity contribution in [2.75, 3.05) is 18.0 Å². The summed E-state index contributed by atoms with van der Waals surface area (Å²) in [7, 11) is 0. The normalized spacial score (nSPS) is 23.1. The summed E-state index contributed by atoms with van der Waals surface area (Å²) in [5, 5.41) is 3.80. The minimum absolute atomic E-state index is 0.0529. The zero-order valence-electron chi connectivity index (χ0n) is 23.0. The van der Waals surface area contributed by atoms with Crippen LogP contribution in [-0.4, -0.2) is 30.6 Å². The molecule has 1 saturated carbocycles. The molecule has 2 aromatic rings. The number of hydrogen-bond donors (Lipinski definition) is 1. The monoisotopic (exact) mass is 520 g/mol. The molecule has 2 heterocycles. The molecule has 2 unspecified atom stereocenters. The number of halogens is 1. The van der Waals surface area contributed by atoms with E-state index in [0.29, 0.717) is 24.9 Å². The van der Waals surface area contributed by atoms with Crippen molar-refractivity contribution in [3.63, 3.8) is 0 Å². The van der Waals surface area contributed by atoms with Gasteiger partial charge < -0.3 is 15.0 Å². The minimum atomic E-state index is -0.694. The summed E-state index contributed by atoms with van der Waals surface area (Å²) in [4.78, 5) is 27.3. The number of fused-ring (bicyclic) bond motifs is 1. The molecule has 38 heavy (non-hydrogen) atoms. The van der Waals surface area contributed by atoms with Crippen molar-refractivity contribution in [2.24, 2.45) is 5.92 Å². The van der Waals surface area contributed by atoms with Crippen LogP contribution in [0.1, 0.15) is 111 Å². The molecule has 204 valence electrons. The molecule has 5 nitrogen and oxygen atoms in total. The Bertz CT molecular complexity index is 1180. The van der Waals surface area contributed by atoms with Crippen molar-refractivity contribution in [1.82, 2.24) is 5.32 Å². The Kier molecular flexibility index (Phi) is 7.90. The maximum atomic E-state index is 14.9. The van der Waals surface area contributed by atoms with Gasteiger partial charge in [0.1, 0.15) is 11.4 Å². The third-order valence-electron chi connectivity index (χ3n) is 8.36. The van der Waals surface area contributed by atoms with Crippen LogP contribution < -0.4 is 10.2 Å². The van der Waals surface area contributed by atoms with Gasteiger partial charge in [0.2, 0.25) is 5.91 Å². The lowest BCUT2D eigenvalue weighted by Gasteiger charge is -2.35. The standard InChI is InChI=1S/C32H41FN2O3/c1-32(2,3)38-31(37)27-13-11-22(18-28(27)33)24-19-29(36)35(20-24)25-12-14-26-23(17-25)15-16-34-30(26)21-9-7-5-4-6-8-10-21/h11-14,17-18,21,24,30,34H,4-10,15-16,19-20H2,1-3H3. The first kappa shape index (κ1) is 26.9. The van der Waals surface area contributed by atoms with E-state index >= 15 is 0 Å². The number of hydrogen-bond acceptors (Lipinski definition) is 4. The van der Waals surface area contributed by atoms with Gasteiger partial charge in [-0.1, -0.05) is 44.2 Å². The van der Waals surface area contributed by atoms with Crippen LogP contribution in [0.2, 0.25) is 0 Å². The van der Waals surface area contributed by atoms with Crippen molar-refractivity contribution in [3.8, 4) is 0 Å². The highest BCUT2D eigenvalue weighted by Crippen LogP contribution is 2.39. The molecule has 2 fully saturated rings. The molecule has 1 amide bonds. The number of benzene rings is 2. The van der Waals surface area contributed by atoms with E-state index < -0.39 is 17.4 Å². The predicted molar refractivity (Wildman–Crippen MR) is 148 cm³/mol. The first-order valence-corrected chi connectivity index (χ1v) is 14.4. The topological polar surface area (TPSA) is 58.6 Å². The highest BCUT2D eigenvalue weighted by atomic mass is 19.1. The largest absolute Gasteiger partial charge is 0.456 e. The van der Waals surface area contributed by atoms with Crippen molar-refractivity contribution in [2.45, 2.75) is 96.1 Å². The quantitative estimate of drug-likeness (QED) is 0.448. The van der Waals surface area contributed by atoms with Gasteiger partial charge >= 0.3 is 5.97 Å². The zero-order valence-corrected chi connectivity index (χ0v) is 23.0. The lowest BCUT2D eigenvalue weighted by Crippen LogP contribution is -2.35. The summed E-state index contributed by atoms with van der Waals surface area (Å²) in [5.41, 5.74) is 3.64. The Morgan fingerprint density at radius 2 is 1.76 bits per heavy atom. The molecule has 3 aliphatic rings. The number of anilines is 1. The van der Waals surface area contributed by atoms with Crippen LogP contribution in [0.25, 0.3) is 0 Å². The van der Waals surface area contributed by atoms with Crippen LogP contribution in [0.3, 0.4) is 0 Å². The van der Waals surface area contributed by atoms with E-state index in [1.807, 2.05) is 4.90 Å². The second-order valence-corrected chi connectivity index (χ2v) is 12.3. The molecule has 0 radical (unpaired) electrons. The van der Waals surface area contributed by atoms with Crippen molar-refractivity contribution in [3.05, 3.63) is 64.5 Å². The van der Waals surface area contributed by atoms with Crippen LogP contribution in [0, 0.1) is 11.7 Å². The maximum absolute atomic E-state index is 14.9. The summed E-state index contributed by atoms with van der Waals surface area (Å²) < 4.78 is 20.2. The Labute approximate surface area is 226 Å². The van der Waals surface area contributed by atoms with E-state index in [1.165, 1.54) is 68.2 Å². The fourth-order valence-corrected chi connectivity index (χ4v) is 6.46. The second-order valence-electron chi connectivity index (χ2n) is 12.3. The fourth-order valence-electron chi connectivity index (χ4n) is 6.46. The highest BCUT2D eigenvalue weighted by Gasteiger charge is 2.34. The summed E-state index contributed by atoms with van der Waals surface area (Å²) in [6, 6.07) is 11.6. The average Bonchev–Trinajstić information content (AvgIpc) is 3.23. The van der Waals surface area contributed by atoms with E-state index in [1.54, 1.807) is 26.8 Å². The van der Waals surface area contributed by atoms with Crippen LogP contribution >= 0.6 is 0 Å². The molecular formula is C32H41FN2O3. The maximum Gasteiger partial charge on any atom is 0.341 e. The van der Waals surface area contributed by atoms with Gasteiger partial charge in [0.25, 0.3) is 0 Å². The van der Waals surface area contributed by atoms with Gasteiger partial charge in [-0.3, -0.25) is 4.79 Å². The molecule has 1 saturated heterocycles. The van der Waals surface area contributed by atoms with Crippen LogP contribution in [0.4, 0.5) is 10.1 Å². The first-order valence-electron chi connectivity index (χ1n) is 14.4. The Balaban J connectivity index is 1.30. The van der Waals surface area contributed by atoms with E-state index in [2.05, 4.69) is 23.5 Å². The van der Waals surface area contributed by atoms with Gasteiger partial charge in [0.05, 0.1) is 5.56 Å². The smallest absolute Gasteiger partial charge is 0.341 e. The van der Waals surface area contributed by atoms with Gasteiger partial charge in [-0.15, -0.1) is 0 Å². The van der Waals surface area contributed by atoms with Crippen LogP contribution in [0.15, 0.2) is 36.4 Å². The van der Waals surface area contributed by atoms with E-state index in [9.17, 15) is 14.0 Å². The zero-order chi connectivity index (χ0) is 26.9. The van der Waals surface area contributed by atoms with Gasteiger partial charge in [-0.25, -0.2) is 9.18 Å². The number of carbonyl (C=O) groups excluding carboxylic acids is 2. The number of carbonyl (C=O) groups is 2. The number of ether oxygens (including phenoxy) is 1. The van der Waals surface area contributed by atoms with Gasteiger partial charge in [-0.2, -0.15) is 0 Å². The number of nitrogens with one attached hydrogen (secondary N) is 1. The molecule has 2 aliphatic heterocycles. The molecule has 2 atom stereocenters. The predicted octanol–water partition coefficient (Wildman–Crippen LogP) is 6.85. The lowest BCUT2D eigenvalue weighted by molar-refractivity contribution is -0.117. The van der Waals surface area contributed by atoms with Crippen LogP contribution in [-0.2, 0) is 16.0 Å². The van der Waals surface area contributed by atoms with Gasteiger partial charge in [0, 0.05) is 30.6 Å². The molecule has 0 bridgehead atoms. The summed E-state index contributed by atoms with van der Waals surface area (Å²) >= 11 is 0. The highest BCUT2D eigenvalue weighted by molar-refractivity contribution is 5.96. The second kappa shape index (κ2) is 11.2. The molecule has 2 aromatic carbocycles. The fraction of sp³-hybridized carbons (Fsp3) is 0.562. The first-order chi connectivity index (χ1) is 18.2. The molecule has 1 aliphatic carbocycles. The summed E-state index contributed by atoms with van der Waals surface area (Å²) in [5.74, 6) is -0.671. The third kappa shape index (κ3) is 5.96. The van der Waals surface area contributed by atoms with Crippen molar-refractivity contribution in [1.29, 1.82) is 0 Å². The number of rotatable bonds is 4. The summed E-state index contributed by atoms with van der Waals surface area (Å²) in [6.45, 7) is 6.74. The molecule has 5 rings (SSSR count). The van der Waals surface area contributed by atoms with Gasteiger partial charge in [0.15, 0.2) is 0 Å². The minimum Gasteiger partial charge on any atom is -0.456 e. The third-order valence-corrected chi connectivity index (χ3v) is 8.36. The summed E-state index contributed by atoms with van der Waals surface area (Å²) in [6.07, 6.45) is 10.6. The van der Waals surface area contributed by atoms with E-state index in [0.717, 1.165) is 24.2 Å². The lowest BCUT2D eigenvalue weighted by atomic mass is 9.79. The molecule has 1 N–H and O–H groups in total. The Morgan fingerprint density at radius 1 is 1.03 bits per heavy atom. The molecule has 0 aromatic heterocycles. The van der Waals surface area contributed by atoms with E-state index in [-0.39, 0.29) is 17.4 Å². The van der Waals surface area contributed by atoms with Crippen molar-refractivity contribution >= 4 is 17.6 Å². The molecule has 0 spiro atoms. The number of nitrogens with zero attached hydrogens (tertiary/aromatic N) is 1. The number of amides is 1. The molecule has 6 heteroatoms.